The van der Waals surface area contributed by atoms with Crippen LogP contribution in [0.3, 0.4) is 0 Å². The van der Waals surface area contributed by atoms with Gasteiger partial charge < -0.3 is 24.8 Å². The molecule has 4 heteroatoms. The summed E-state index contributed by atoms with van der Waals surface area (Å²) in [7, 11) is 0. The Kier molecular flexibility index (Phi) is 8.14. The van der Waals surface area contributed by atoms with E-state index >= 15 is 0 Å². The molecule has 158 valence electrons. The average molecular weight is 491 g/mol. The summed E-state index contributed by atoms with van der Waals surface area (Å²) in [5.41, 5.74) is 15.6. The molecule has 0 spiro atoms. The fourth-order valence-corrected chi connectivity index (χ4v) is 19.6. The third-order valence-corrected chi connectivity index (χ3v) is 20.1. The van der Waals surface area contributed by atoms with Crippen molar-refractivity contribution in [1.82, 2.24) is 0 Å². The Balaban J connectivity index is 0.00000160. The summed E-state index contributed by atoms with van der Waals surface area (Å²) in [6, 6.07) is 9.35. The first-order valence-corrected chi connectivity index (χ1v) is 17.1. The maximum Gasteiger partial charge on any atom is -1.00 e. The van der Waals surface area contributed by atoms with Gasteiger partial charge in [0.1, 0.15) is 0 Å². The SMILES string of the molecule is CC1=Cc2c(C)ccc(C)c2[C@@H]1[Ti+2]([C@H]1C(C)=Cc2c(C)ccc(C)c21)=[Si](C)C.[Cl-].[Cl-]. The van der Waals surface area contributed by atoms with E-state index in [0.29, 0.717) is 0 Å². The summed E-state index contributed by atoms with van der Waals surface area (Å²) in [5.74, 6) is 0. The summed E-state index contributed by atoms with van der Waals surface area (Å²) in [5, 5.41) is 0. The maximum absolute atomic E-state index is 2.60. The zero-order chi connectivity index (χ0) is 20.3. The van der Waals surface area contributed by atoms with Gasteiger partial charge in [-0.05, 0) is 0 Å². The average Bonchev–Trinajstić information content (AvgIpc) is 3.15. The minimum absolute atomic E-state index is 0. The molecule has 0 nitrogen and oxygen atoms in total. The molecule has 2 aliphatic rings. The van der Waals surface area contributed by atoms with Gasteiger partial charge in [0, 0.05) is 0 Å². The molecule has 4 rings (SSSR count). The van der Waals surface area contributed by atoms with E-state index in [1.54, 1.807) is 22.3 Å². The van der Waals surface area contributed by atoms with Crippen LogP contribution in [0.15, 0.2) is 35.4 Å². The first kappa shape index (κ1) is 25.7. The number of allylic oxidation sites excluding steroid dienone is 2. The van der Waals surface area contributed by atoms with Gasteiger partial charge in [-0.25, -0.2) is 0 Å². The fourth-order valence-electron chi connectivity index (χ4n) is 5.48. The van der Waals surface area contributed by atoms with Gasteiger partial charge in [0.05, 0.1) is 0 Å². The molecule has 2 aliphatic carbocycles. The van der Waals surface area contributed by atoms with E-state index in [4.69, 9.17) is 0 Å². The van der Waals surface area contributed by atoms with Gasteiger partial charge in [-0.2, -0.15) is 0 Å². The van der Waals surface area contributed by atoms with E-state index in [0.717, 1.165) is 8.45 Å². The Labute approximate surface area is 201 Å². The van der Waals surface area contributed by atoms with Gasteiger partial charge in [0.25, 0.3) is 0 Å². The molecule has 2 aromatic carbocycles. The number of rotatable bonds is 2. The van der Waals surface area contributed by atoms with E-state index in [2.05, 4.69) is 91.1 Å². The van der Waals surface area contributed by atoms with Crippen molar-refractivity contribution in [3.8, 4) is 0 Å². The topological polar surface area (TPSA) is 0 Å². The van der Waals surface area contributed by atoms with Gasteiger partial charge in [-0.1, -0.05) is 0 Å². The smallest absolute Gasteiger partial charge is 1.00 e. The van der Waals surface area contributed by atoms with E-state index in [1.165, 1.54) is 33.4 Å². The second-order valence-electron chi connectivity index (χ2n) is 9.15. The predicted molar refractivity (Wildman–Crippen MR) is 122 cm³/mol. The van der Waals surface area contributed by atoms with Gasteiger partial charge in [-0.15, -0.1) is 0 Å². The molecule has 0 radical (unpaired) electrons. The molecule has 0 N–H and O–H groups in total. The Bertz CT molecular complexity index is 1020. The van der Waals surface area contributed by atoms with Crippen molar-refractivity contribution >= 4 is 18.3 Å². The van der Waals surface area contributed by atoms with Crippen LogP contribution < -0.4 is 24.8 Å². The van der Waals surface area contributed by atoms with Crippen molar-refractivity contribution in [3.05, 3.63) is 79.9 Å². The van der Waals surface area contributed by atoms with Crippen LogP contribution in [0, 0.1) is 27.7 Å². The summed E-state index contributed by atoms with van der Waals surface area (Å²) in [6.45, 7) is 19.3. The molecular weight excluding hydrogens is 459 g/mol. The Morgan fingerprint density at radius 1 is 0.600 bits per heavy atom. The number of benzene rings is 2. The number of halogens is 2. The van der Waals surface area contributed by atoms with Crippen molar-refractivity contribution < 1.29 is 41.4 Å². The Morgan fingerprint density at radius 3 is 1.27 bits per heavy atom. The van der Waals surface area contributed by atoms with Crippen LogP contribution in [0.1, 0.15) is 66.8 Å². The maximum atomic E-state index is 2.60. The summed E-state index contributed by atoms with van der Waals surface area (Å²) < 4.78 is 1.44. The number of hydrogen-bond donors (Lipinski definition) is 0. The van der Waals surface area contributed by atoms with Crippen LogP contribution in [-0.2, 0) is 16.6 Å². The largest absolute Gasteiger partial charge is 1.00 e. The molecule has 0 amide bonds. The van der Waals surface area contributed by atoms with Gasteiger partial charge in [0.2, 0.25) is 0 Å². The van der Waals surface area contributed by atoms with Crippen molar-refractivity contribution in [3.63, 3.8) is 0 Å². The molecule has 0 saturated heterocycles. The van der Waals surface area contributed by atoms with Crippen LogP contribution in [0.2, 0.25) is 13.1 Å². The minimum Gasteiger partial charge on any atom is -1.00 e. The van der Waals surface area contributed by atoms with Crippen LogP contribution in [0.25, 0.3) is 12.2 Å². The van der Waals surface area contributed by atoms with Gasteiger partial charge >= 0.3 is 178 Å². The van der Waals surface area contributed by atoms with E-state index in [-0.39, 0.29) is 31.0 Å². The van der Waals surface area contributed by atoms with Crippen molar-refractivity contribution in [2.75, 3.05) is 0 Å². The number of hydrogen-bond acceptors (Lipinski definition) is 0. The summed E-state index contributed by atoms with van der Waals surface area (Å²) in [4.78, 5) is 0. The minimum atomic E-state index is -1.50. The zero-order valence-corrected chi connectivity index (χ0v) is 23.4. The normalized spacial score (nSPS) is 18.2. The second kappa shape index (κ2) is 9.51. The number of aryl methyl sites for hydroxylation is 4. The predicted octanol–water partition coefficient (Wildman–Crippen LogP) is 1.41. The Morgan fingerprint density at radius 2 is 0.933 bits per heavy atom. The molecule has 0 heterocycles. The van der Waals surface area contributed by atoms with Crippen LogP contribution in [0.5, 0.6) is 0 Å². The van der Waals surface area contributed by atoms with Crippen LogP contribution in [0.4, 0.5) is 0 Å². The third-order valence-electron chi connectivity index (χ3n) is 6.88. The summed E-state index contributed by atoms with van der Waals surface area (Å²) in [6.07, 6.45) is 4.69. The summed E-state index contributed by atoms with van der Waals surface area (Å²) >= 11 is -1.50. The van der Waals surface area contributed by atoms with E-state index in [1.807, 2.05) is 0 Å². The first-order valence-electron chi connectivity index (χ1n) is 10.5. The molecular formula is C26H32Cl2SiTi. The molecule has 2 aromatic rings. The zero-order valence-electron chi connectivity index (χ0n) is 19.4. The molecule has 0 fully saturated rings. The molecule has 0 bridgehead atoms. The molecule has 0 aliphatic heterocycles. The molecule has 0 aromatic heterocycles. The van der Waals surface area contributed by atoms with Crippen molar-refractivity contribution in [2.45, 2.75) is 63.1 Å². The second-order valence-corrected chi connectivity index (χ2v) is 21.4. The van der Waals surface area contributed by atoms with Gasteiger partial charge in [-0.3, -0.25) is 0 Å². The quantitative estimate of drug-likeness (QED) is 0.558. The molecule has 30 heavy (non-hydrogen) atoms. The molecule has 0 saturated carbocycles. The first-order chi connectivity index (χ1) is 13.2. The van der Waals surface area contributed by atoms with E-state index < -0.39 is 16.6 Å². The molecule has 2 atom stereocenters. The van der Waals surface area contributed by atoms with E-state index in [9.17, 15) is 0 Å². The van der Waals surface area contributed by atoms with Crippen molar-refractivity contribution in [1.29, 1.82) is 0 Å². The standard InChI is InChI=1S/2C12H13.C2H6Si.2ClH.Ti/c2*1-8-6-11-9(2)4-5-10(3)12(11)7-8;1-3-2;;;/h2*4-7H,1-3H3;1-2H3;2*1H;/q;;;;;+2/p-2. The van der Waals surface area contributed by atoms with Crippen molar-refractivity contribution in [2.24, 2.45) is 0 Å². The monoisotopic (exact) mass is 490 g/mol. The fraction of sp³-hybridized carbons (Fsp3) is 0.385. The van der Waals surface area contributed by atoms with Crippen LogP contribution in [-0.4, -0.2) is 6.19 Å². The third kappa shape index (κ3) is 3.98. The molecule has 0 unspecified atom stereocenters. The number of fused-ring (bicyclic) bond motifs is 2. The van der Waals surface area contributed by atoms with Gasteiger partial charge in [0.15, 0.2) is 0 Å². The van der Waals surface area contributed by atoms with Crippen LogP contribution >= 0.6 is 0 Å². The Hall–Kier alpha value is -0.569.